The largest absolute Gasteiger partial charge is 0.480 e. The molecule has 16 heteroatoms. The Morgan fingerprint density at radius 1 is 0.714 bits per heavy atom. The maximum Gasteiger partial charge on any atom is 0.326 e. The standard InChI is InChI=1S/C26H39N7O9/c1-13(2)8-16(31-24(39)17(10-20(28)35)30-22(37)15(27)12-34)23(38)32-18(11-21(29)36)25(40)33-19(26(41)42)9-14-6-4-3-5-7-14/h3-7,13,15-19,34H,8-12,27H2,1-2H3,(H2,28,35)(H2,29,36)(H,30,37)(H,31,39)(H,32,38)(H,33,40)(H,41,42)/t15-,16-,17-,18-,19-/m0/s1. The second-order valence-electron chi connectivity index (χ2n) is 10.0. The van der Waals surface area contributed by atoms with Crippen LogP contribution in [0, 0.1) is 5.92 Å². The molecule has 12 N–H and O–H groups in total. The van der Waals surface area contributed by atoms with Crippen LogP contribution in [-0.2, 0) is 40.0 Å². The molecule has 1 rings (SSSR count). The van der Waals surface area contributed by atoms with E-state index in [1.165, 1.54) is 0 Å². The van der Waals surface area contributed by atoms with E-state index in [4.69, 9.17) is 22.3 Å². The minimum absolute atomic E-state index is 0.0155. The summed E-state index contributed by atoms with van der Waals surface area (Å²) in [6, 6.07) is 1.16. The number of carbonyl (C=O) groups is 7. The zero-order valence-electron chi connectivity index (χ0n) is 23.4. The van der Waals surface area contributed by atoms with Crippen LogP contribution in [-0.4, -0.2) is 88.4 Å². The highest BCUT2D eigenvalue weighted by atomic mass is 16.4. The van der Waals surface area contributed by atoms with Crippen molar-refractivity contribution in [2.24, 2.45) is 23.1 Å². The van der Waals surface area contributed by atoms with E-state index in [1.54, 1.807) is 44.2 Å². The van der Waals surface area contributed by atoms with Gasteiger partial charge in [0.1, 0.15) is 30.2 Å². The molecule has 0 unspecified atom stereocenters. The third-order valence-corrected chi connectivity index (χ3v) is 5.85. The van der Waals surface area contributed by atoms with E-state index in [1.807, 2.05) is 0 Å². The zero-order chi connectivity index (χ0) is 32.0. The molecule has 0 radical (unpaired) electrons. The van der Waals surface area contributed by atoms with Crippen molar-refractivity contribution < 1.29 is 43.8 Å². The van der Waals surface area contributed by atoms with Crippen molar-refractivity contribution in [3.05, 3.63) is 35.9 Å². The zero-order valence-corrected chi connectivity index (χ0v) is 23.4. The summed E-state index contributed by atoms with van der Waals surface area (Å²) in [4.78, 5) is 86.3. The lowest BCUT2D eigenvalue weighted by Gasteiger charge is -2.26. The fraction of sp³-hybridized carbons (Fsp3) is 0.500. The van der Waals surface area contributed by atoms with Gasteiger partial charge in [-0.25, -0.2) is 4.79 Å². The summed E-state index contributed by atoms with van der Waals surface area (Å²) in [5, 5.41) is 27.9. The number of nitrogens with one attached hydrogen (secondary N) is 4. The van der Waals surface area contributed by atoms with Crippen LogP contribution in [0.4, 0.5) is 0 Å². The minimum atomic E-state index is -1.59. The lowest BCUT2D eigenvalue weighted by Crippen LogP contribution is -2.59. The Morgan fingerprint density at radius 2 is 1.14 bits per heavy atom. The fourth-order valence-corrected chi connectivity index (χ4v) is 3.75. The normalized spacial score (nSPS) is 14.4. The first kappa shape index (κ1) is 35.5. The second kappa shape index (κ2) is 17.3. The van der Waals surface area contributed by atoms with Gasteiger partial charge < -0.3 is 48.7 Å². The molecule has 0 aliphatic carbocycles. The number of carboxylic acid groups (broad SMARTS) is 1. The van der Waals surface area contributed by atoms with Gasteiger partial charge in [0.25, 0.3) is 0 Å². The summed E-state index contributed by atoms with van der Waals surface area (Å²) in [6.45, 7) is 2.71. The number of carboxylic acids is 1. The Morgan fingerprint density at radius 3 is 1.57 bits per heavy atom. The monoisotopic (exact) mass is 593 g/mol. The van der Waals surface area contributed by atoms with E-state index in [0.717, 1.165) is 0 Å². The van der Waals surface area contributed by atoms with E-state index >= 15 is 0 Å². The molecule has 232 valence electrons. The van der Waals surface area contributed by atoms with Crippen LogP contribution < -0.4 is 38.5 Å². The number of aliphatic hydroxyl groups excluding tert-OH is 1. The Balaban J connectivity index is 3.13. The maximum absolute atomic E-state index is 13.2. The average Bonchev–Trinajstić information content (AvgIpc) is 2.90. The van der Waals surface area contributed by atoms with Crippen molar-refractivity contribution in [2.45, 2.75) is 69.7 Å². The number of benzene rings is 1. The molecule has 0 aliphatic heterocycles. The van der Waals surface area contributed by atoms with Gasteiger partial charge in [-0.15, -0.1) is 0 Å². The van der Waals surface area contributed by atoms with Crippen LogP contribution in [0.25, 0.3) is 0 Å². The van der Waals surface area contributed by atoms with Crippen LogP contribution in [0.2, 0.25) is 0 Å². The molecule has 0 fully saturated rings. The van der Waals surface area contributed by atoms with Crippen LogP contribution in [0.5, 0.6) is 0 Å². The third kappa shape index (κ3) is 12.7. The van der Waals surface area contributed by atoms with Gasteiger partial charge in [0, 0.05) is 6.42 Å². The van der Waals surface area contributed by atoms with Crippen LogP contribution >= 0.6 is 0 Å². The first-order valence-electron chi connectivity index (χ1n) is 13.1. The fourth-order valence-electron chi connectivity index (χ4n) is 3.75. The number of amides is 6. The predicted octanol–water partition coefficient (Wildman–Crippen LogP) is -3.63. The third-order valence-electron chi connectivity index (χ3n) is 5.85. The summed E-state index contributed by atoms with van der Waals surface area (Å²) < 4.78 is 0. The highest BCUT2D eigenvalue weighted by Crippen LogP contribution is 2.09. The van der Waals surface area contributed by atoms with Gasteiger partial charge in [0.2, 0.25) is 35.4 Å². The molecule has 0 saturated carbocycles. The summed E-state index contributed by atoms with van der Waals surface area (Å²) in [7, 11) is 0. The van der Waals surface area contributed by atoms with E-state index in [9.17, 15) is 38.7 Å². The predicted molar refractivity (Wildman–Crippen MR) is 148 cm³/mol. The van der Waals surface area contributed by atoms with Gasteiger partial charge in [-0.3, -0.25) is 28.8 Å². The van der Waals surface area contributed by atoms with Crippen molar-refractivity contribution in [1.29, 1.82) is 0 Å². The average molecular weight is 594 g/mol. The van der Waals surface area contributed by atoms with Gasteiger partial charge in [0.15, 0.2) is 0 Å². The van der Waals surface area contributed by atoms with E-state index in [0.29, 0.717) is 5.56 Å². The highest BCUT2D eigenvalue weighted by molar-refractivity contribution is 5.98. The molecule has 0 aliphatic rings. The molecule has 6 amide bonds. The first-order valence-corrected chi connectivity index (χ1v) is 13.1. The topological polar surface area (TPSA) is 286 Å². The summed E-state index contributed by atoms with van der Waals surface area (Å²) >= 11 is 0. The highest BCUT2D eigenvalue weighted by Gasteiger charge is 2.33. The van der Waals surface area contributed by atoms with Crippen molar-refractivity contribution >= 4 is 41.4 Å². The molecule has 0 heterocycles. The Kier molecular flexibility index (Phi) is 14.6. The molecular weight excluding hydrogens is 554 g/mol. The van der Waals surface area contributed by atoms with E-state index in [-0.39, 0.29) is 18.8 Å². The van der Waals surface area contributed by atoms with Gasteiger partial charge >= 0.3 is 5.97 Å². The Bertz CT molecular complexity index is 1130. The Labute approximate surface area is 242 Å². The molecule has 0 saturated heterocycles. The van der Waals surface area contributed by atoms with Gasteiger partial charge in [0.05, 0.1) is 19.4 Å². The maximum atomic E-state index is 13.2. The van der Waals surface area contributed by atoms with Crippen LogP contribution in [0.1, 0.15) is 38.7 Å². The van der Waals surface area contributed by atoms with Crippen LogP contribution in [0.3, 0.4) is 0 Å². The summed E-state index contributed by atoms with van der Waals surface area (Å²) in [5.74, 6) is -7.35. The number of hydrogen-bond acceptors (Lipinski definition) is 9. The van der Waals surface area contributed by atoms with E-state index < -0.39 is 91.1 Å². The van der Waals surface area contributed by atoms with E-state index in [2.05, 4.69) is 21.3 Å². The number of rotatable bonds is 18. The molecular formula is C26H39N7O9. The molecule has 42 heavy (non-hydrogen) atoms. The smallest absolute Gasteiger partial charge is 0.326 e. The van der Waals surface area contributed by atoms with Crippen molar-refractivity contribution in [3.63, 3.8) is 0 Å². The number of primary amides is 2. The summed E-state index contributed by atoms with van der Waals surface area (Å²) in [6.07, 6.45) is -1.41. The number of carbonyl (C=O) groups excluding carboxylic acids is 6. The number of aliphatic hydroxyl groups is 1. The molecule has 0 spiro atoms. The minimum Gasteiger partial charge on any atom is -0.480 e. The number of hydrogen-bond donors (Lipinski definition) is 9. The summed E-state index contributed by atoms with van der Waals surface area (Å²) in [5.41, 5.74) is 16.5. The van der Waals surface area contributed by atoms with Crippen molar-refractivity contribution in [3.8, 4) is 0 Å². The van der Waals surface area contributed by atoms with Gasteiger partial charge in [-0.2, -0.15) is 0 Å². The molecule has 16 nitrogen and oxygen atoms in total. The SMILES string of the molecule is CC(C)C[C@H](NC(=O)[C@H](CC(N)=O)NC(=O)[C@@H](N)CO)C(=O)N[C@@H](CC(N)=O)C(=O)N[C@@H](Cc1ccccc1)C(=O)O. The molecule has 0 aromatic heterocycles. The van der Waals surface area contributed by atoms with Crippen molar-refractivity contribution in [1.82, 2.24) is 21.3 Å². The van der Waals surface area contributed by atoms with Crippen LogP contribution in [0.15, 0.2) is 30.3 Å². The number of nitrogens with two attached hydrogens (primary N) is 3. The van der Waals surface area contributed by atoms with Gasteiger partial charge in [-0.05, 0) is 17.9 Å². The Hall–Kier alpha value is -4.57. The first-order chi connectivity index (χ1) is 19.6. The molecule has 5 atom stereocenters. The molecule has 1 aromatic carbocycles. The number of aliphatic carboxylic acids is 1. The quantitative estimate of drug-likeness (QED) is 0.0804. The second-order valence-corrected chi connectivity index (χ2v) is 10.0. The van der Waals surface area contributed by atoms with Gasteiger partial charge in [-0.1, -0.05) is 44.2 Å². The lowest BCUT2D eigenvalue weighted by atomic mass is 10.0. The van der Waals surface area contributed by atoms with Crippen molar-refractivity contribution in [2.75, 3.05) is 6.61 Å². The lowest BCUT2D eigenvalue weighted by molar-refractivity contribution is -0.142. The molecule has 0 bridgehead atoms. The molecule has 1 aromatic rings.